The summed E-state index contributed by atoms with van der Waals surface area (Å²) in [6.45, 7) is 2.22. The van der Waals surface area contributed by atoms with Crippen molar-refractivity contribution in [3.63, 3.8) is 0 Å². The number of nitrogens with two attached hydrogens (primary N) is 1. The molecule has 6 nitrogen and oxygen atoms in total. The molecule has 1 saturated heterocycles. The third kappa shape index (κ3) is 2.53. The third-order valence-corrected chi connectivity index (χ3v) is 4.41. The highest BCUT2D eigenvalue weighted by Gasteiger charge is 2.35. The van der Waals surface area contributed by atoms with E-state index in [2.05, 4.69) is 4.72 Å². The number of nitrogens with one attached hydrogen (secondary N) is 1. The molecule has 18 heavy (non-hydrogen) atoms. The van der Waals surface area contributed by atoms with Gasteiger partial charge in [0.05, 0.1) is 6.04 Å². The van der Waals surface area contributed by atoms with Crippen LogP contribution in [0.1, 0.15) is 11.1 Å². The van der Waals surface area contributed by atoms with Gasteiger partial charge in [0, 0.05) is 18.8 Å². The Morgan fingerprint density at radius 3 is 2.89 bits per heavy atom. The maximum absolute atomic E-state index is 11.7. The number of carbonyl (C=O) groups excluding carboxylic acids is 1. The average molecular weight is 269 g/mol. The Labute approximate surface area is 106 Å². The molecule has 3 N–H and O–H groups in total. The first kappa shape index (κ1) is 13.0. The Hall–Kier alpha value is -1.44. The van der Waals surface area contributed by atoms with Crippen LogP contribution in [-0.4, -0.2) is 31.6 Å². The van der Waals surface area contributed by atoms with E-state index in [0.29, 0.717) is 12.0 Å². The monoisotopic (exact) mass is 269 g/mol. The summed E-state index contributed by atoms with van der Waals surface area (Å²) in [4.78, 5) is 10.6. The van der Waals surface area contributed by atoms with Crippen molar-refractivity contribution in [2.75, 3.05) is 12.3 Å². The summed E-state index contributed by atoms with van der Waals surface area (Å²) in [5.41, 5.74) is 8.11. The van der Waals surface area contributed by atoms with Gasteiger partial charge in [-0.15, -0.1) is 0 Å². The second-order valence-corrected chi connectivity index (χ2v) is 6.06. The Morgan fingerprint density at radius 1 is 1.56 bits per heavy atom. The van der Waals surface area contributed by atoms with Gasteiger partial charge < -0.3 is 10.5 Å². The molecule has 98 valence electrons. The standard InChI is InChI=1S/C11H15N3O3S/c1-8-2-3-11(12)9(4-8)5-14-6-10(7-15)13-18(14,16)17/h2-4,7,10,13H,5-6,12H2,1H3. The van der Waals surface area contributed by atoms with E-state index in [-0.39, 0.29) is 13.1 Å². The van der Waals surface area contributed by atoms with Crippen LogP contribution in [-0.2, 0) is 21.5 Å². The van der Waals surface area contributed by atoms with E-state index in [1.807, 2.05) is 19.1 Å². The van der Waals surface area contributed by atoms with E-state index >= 15 is 0 Å². The van der Waals surface area contributed by atoms with Crippen LogP contribution in [0.4, 0.5) is 5.69 Å². The fraction of sp³-hybridized carbons (Fsp3) is 0.364. The van der Waals surface area contributed by atoms with Crippen molar-refractivity contribution in [3.8, 4) is 0 Å². The van der Waals surface area contributed by atoms with Crippen molar-refractivity contribution < 1.29 is 13.2 Å². The molecule has 0 radical (unpaired) electrons. The molecule has 1 atom stereocenters. The molecule has 2 rings (SSSR count). The van der Waals surface area contributed by atoms with E-state index in [1.165, 1.54) is 4.31 Å². The minimum absolute atomic E-state index is 0.138. The van der Waals surface area contributed by atoms with Gasteiger partial charge in [-0.05, 0) is 18.6 Å². The quantitative estimate of drug-likeness (QED) is 0.587. The van der Waals surface area contributed by atoms with Crippen LogP contribution in [0.2, 0.25) is 0 Å². The molecule has 0 bridgehead atoms. The lowest BCUT2D eigenvalue weighted by atomic mass is 10.1. The zero-order valence-corrected chi connectivity index (χ0v) is 10.8. The predicted octanol–water partition coefficient (Wildman–Crippen LogP) is -0.205. The SMILES string of the molecule is Cc1ccc(N)c(CN2CC(C=O)NS2(=O)=O)c1. The van der Waals surface area contributed by atoms with Crippen LogP contribution >= 0.6 is 0 Å². The molecule has 0 spiro atoms. The molecule has 0 saturated carbocycles. The largest absolute Gasteiger partial charge is 0.398 e. The minimum Gasteiger partial charge on any atom is -0.398 e. The van der Waals surface area contributed by atoms with Crippen molar-refractivity contribution in [2.45, 2.75) is 19.5 Å². The molecule has 1 aliphatic rings. The maximum atomic E-state index is 11.7. The van der Waals surface area contributed by atoms with E-state index in [9.17, 15) is 13.2 Å². The van der Waals surface area contributed by atoms with Crippen LogP contribution in [0.5, 0.6) is 0 Å². The van der Waals surface area contributed by atoms with Crippen LogP contribution in [0.25, 0.3) is 0 Å². The summed E-state index contributed by atoms with van der Waals surface area (Å²) in [5, 5.41) is 0. The van der Waals surface area contributed by atoms with Gasteiger partial charge >= 0.3 is 0 Å². The van der Waals surface area contributed by atoms with Crippen LogP contribution in [0.3, 0.4) is 0 Å². The Kier molecular flexibility index (Phi) is 3.38. The zero-order chi connectivity index (χ0) is 13.3. The average Bonchev–Trinajstić information content (AvgIpc) is 2.59. The summed E-state index contributed by atoms with van der Waals surface area (Å²) < 4.78 is 27.0. The third-order valence-electron chi connectivity index (χ3n) is 2.85. The number of hydrogen-bond acceptors (Lipinski definition) is 4. The maximum Gasteiger partial charge on any atom is 0.280 e. The number of anilines is 1. The van der Waals surface area contributed by atoms with Gasteiger partial charge in [-0.25, -0.2) is 0 Å². The summed E-state index contributed by atoms with van der Waals surface area (Å²) >= 11 is 0. The van der Waals surface area contributed by atoms with Gasteiger partial charge in [0.1, 0.15) is 6.29 Å². The first-order chi connectivity index (χ1) is 8.42. The van der Waals surface area contributed by atoms with Crippen molar-refractivity contribution in [3.05, 3.63) is 29.3 Å². The lowest BCUT2D eigenvalue weighted by Crippen LogP contribution is -2.30. The highest BCUT2D eigenvalue weighted by Crippen LogP contribution is 2.19. The van der Waals surface area contributed by atoms with Crippen molar-refractivity contribution in [1.82, 2.24) is 9.03 Å². The zero-order valence-electron chi connectivity index (χ0n) is 9.96. The number of nitrogens with zero attached hydrogens (tertiary/aromatic N) is 1. The fourth-order valence-electron chi connectivity index (χ4n) is 1.90. The Morgan fingerprint density at radius 2 is 2.28 bits per heavy atom. The summed E-state index contributed by atoms with van der Waals surface area (Å²) in [6, 6.07) is 4.78. The van der Waals surface area contributed by atoms with Crippen molar-refractivity contribution in [2.24, 2.45) is 0 Å². The topological polar surface area (TPSA) is 92.5 Å². The summed E-state index contributed by atoms with van der Waals surface area (Å²) in [6.07, 6.45) is 0.594. The predicted molar refractivity (Wildman–Crippen MR) is 67.9 cm³/mol. The molecule has 0 aromatic heterocycles. The molecule has 1 aromatic carbocycles. The molecule has 1 aromatic rings. The highest BCUT2D eigenvalue weighted by molar-refractivity contribution is 7.87. The molecule has 1 unspecified atom stereocenters. The number of nitrogen functional groups attached to an aromatic ring is 1. The van der Waals surface area contributed by atoms with Crippen molar-refractivity contribution >= 4 is 22.2 Å². The second kappa shape index (κ2) is 4.68. The fourth-order valence-corrected chi connectivity index (χ4v) is 3.23. The first-order valence-corrected chi connectivity index (χ1v) is 6.94. The molecule has 1 heterocycles. The van der Waals surface area contributed by atoms with E-state index in [4.69, 9.17) is 5.73 Å². The number of aldehydes is 1. The molecule has 1 aliphatic heterocycles. The van der Waals surface area contributed by atoms with E-state index in [0.717, 1.165) is 11.1 Å². The second-order valence-electron chi connectivity index (χ2n) is 4.36. The molecule has 0 amide bonds. The lowest BCUT2D eigenvalue weighted by molar-refractivity contribution is -0.109. The number of hydrogen-bond donors (Lipinski definition) is 2. The molecular weight excluding hydrogens is 254 g/mol. The Balaban J connectivity index is 2.24. The molecule has 7 heteroatoms. The molecule has 1 fully saturated rings. The smallest absolute Gasteiger partial charge is 0.280 e. The number of rotatable bonds is 3. The van der Waals surface area contributed by atoms with E-state index < -0.39 is 16.3 Å². The van der Waals surface area contributed by atoms with Crippen molar-refractivity contribution in [1.29, 1.82) is 0 Å². The summed E-state index contributed by atoms with van der Waals surface area (Å²) in [5.74, 6) is 0. The number of carbonyl (C=O) groups is 1. The van der Waals surface area contributed by atoms with Gasteiger partial charge in [0.2, 0.25) is 0 Å². The normalized spacial score (nSPS) is 23.1. The highest BCUT2D eigenvalue weighted by atomic mass is 32.2. The van der Waals surface area contributed by atoms with E-state index in [1.54, 1.807) is 6.07 Å². The Bertz CT molecular complexity index is 571. The lowest BCUT2D eigenvalue weighted by Gasteiger charge is -2.15. The molecular formula is C11H15N3O3S. The number of benzene rings is 1. The van der Waals surface area contributed by atoms with Gasteiger partial charge in [0.15, 0.2) is 0 Å². The van der Waals surface area contributed by atoms with Crippen LogP contribution < -0.4 is 10.5 Å². The van der Waals surface area contributed by atoms with Crippen LogP contribution in [0, 0.1) is 6.92 Å². The first-order valence-electron chi connectivity index (χ1n) is 5.50. The van der Waals surface area contributed by atoms with Gasteiger partial charge in [-0.3, -0.25) is 0 Å². The van der Waals surface area contributed by atoms with Gasteiger partial charge in [-0.1, -0.05) is 17.7 Å². The minimum atomic E-state index is -3.58. The van der Waals surface area contributed by atoms with Gasteiger partial charge in [0.25, 0.3) is 10.2 Å². The van der Waals surface area contributed by atoms with Crippen LogP contribution in [0.15, 0.2) is 18.2 Å². The van der Waals surface area contributed by atoms with Gasteiger partial charge in [-0.2, -0.15) is 17.4 Å². The summed E-state index contributed by atoms with van der Waals surface area (Å²) in [7, 11) is -3.58. The number of aryl methyl sites for hydroxylation is 1. The molecule has 0 aliphatic carbocycles.